The monoisotopic (exact) mass is 360 g/mol. The molecule has 4 heteroatoms. The van der Waals surface area contributed by atoms with Crippen molar-refractivity contribution in [3.8, 4) is 11.1 Å². The molecule has 1 fully saturated rings. The molecule has 0 saturated carbocycles. The smallest absolute Gasteiger partial charge is 0.259 e. The highest BCUT2D eigenvalue weighted by atomic mass is 16.5. The Bertz CT molecular complexity index is 916. The summed E-state index contributed by atoms with van der Waals surface area (Å²) in [6.07, 6.45) is 1.91. The minimum atomic E-state index is -0.0273. The molecule has 0 bridgehead atoms. The van der Waals surface area contributed by atoms with E-state index in [0.29, 0.717) is 0 Å². The van der Waals surface area contributed by atoms with Crippen LogP contribution in [0.5, 0.6) is 0 Å². The second-order valence-corrected chi connectivity index (χ2v) is 6.84. The Morgan fingerprint density at radius 2 is 1.52 bits per heavy atom. The molecule has 1 aromatic heterocycles. The van der Waals surface area contributed by atoms with E-state index < -0.39 is 0 Å². The van der Waals surface area contributed by atoms with E-state index in [2.05, 4.69) is 17.0 Å². The van der Waals surface area contributed by atoms with Gasteiger partial charge in [0, 0.05) is 31.4 Å². The minimum Gasteiger partial charge on any atom is -0.379 e. The molecule has 0 aliphatic carbocycles. The molecule has 0 N–H and O–H groups in total. The molecule has 0 spiro atoms. The van der Waals surface area contributed by atoms with Crippen molar-refractivity contribution in [1.29, 1.82) is 0 Å². The summed E-state index contributed by atoms with van der Waals surface area (Å²) in [4.78, 5) is 15.7. The molecule has 0 radical (unpaired) electrons. The van der Waals surface area contributed by atoms with Crippen LogP contribution < -0.4 is 5.56 Å². The maximum Gasteiger partial charge on any atom is 0.259 e. The van der Waals surface area contributed by atoms with Gasteiger partial charge in [-0.05, 0) is 23.3 Å². The average molecular weight is 360 g/mol. The van der Waals surface area contributed by atoms with Gasteiger partial charge in [0.15, 0.2) is 0 Å². The van der Waals surface area contributed by atoms with Crippen molar-refractivity contribution in [1.82, 2.24) is 9.47 Å². The Hall–Kier alpha value is -2.69. The molecule has 4 nitrogen and oxygen atoms in total. The Morgan fingerprint density at radius 1 is 0.852 bits per heavy atom. The van der Waals surface area contributed by atoms with Crippen molar-refractivity contribution in [2.45, 2.75) is 6.04 Å². The normalized spacial score (nSPS) is 16.1. The molecule has 27 heavy (non-hydrogen) atoms. The van der Waals surface area contributed by atoms with Crippen molar-refractivity contribution in [2.24, 2.45) is 0 Å². The van der Waals surface area contributed by atoms with Crippen molar-refractivity contribution in [3.63, 3.8) is 0 Å². The third kappa shape index (κ3) is 4.02. The van der Waals surface area contributed by atoms with E-state index in [1.54, 1.807) is 0 Å². The van der Waals surface area contributed by atoms with Crippen LogP contribution in [0.2, 0.25) is 0 Å². The highest BCUT2D eigenvalue weighted by molar-refractivity contribution is 5.62. The fourth-order valence-electron chi connectivity index (χ4n) is 3.65. The highest BCUT2D eigenvalue weighted by Gasteiger charge is 2.21. The van der Waals surface area contributed by atoms with Gasteiger partial charge in [0.1, 0.15) is 0 Å². The second kappa shape index (κ2) is 8.33. The molecule has 2 aromatic carbocycles. The molecule has 1 unspecified atom stereocenters. The quantitative estimate of drug-likeness (QED) is 0.699. The van der Waals surface area contributed by atoms with E-state index >= 15 is 0 Å². The van der Waals surface area contributed by atoms with Gasteiger partial charge in [-0.2, -0.15) is 0 Å². The zero-order valence-corrected chi connectivity index (χ0v) is 15.3. The van der Waals surface area contributed by atoms with Gasteiger partial charge < -0.3 is 9.30 Å². The molecule has 2 heterocycles. The van der Waals surface area contributed by atoms with Crippen molar-refractivity contribution >= 4 is 0 Å². The van der Waals surface area contributed by atoms with Gasteiger partial charge in [-0.25, -0.2) is 0 Å². The summed E-state index contributed by atoms with van der Waals surface area (Å²) in [5, 5.41) is 0. The Labute approximate surface area is 159 Å². The van der Waals surface area contributed by atoms with Crippen molar-refractivity contribution in [2.75, 3.05) is 32.8 Å². The average Bonchev–Trinajstić information content (AvgIpc) is 2.74. The summed E-state index contributed by atoms with van der Waals surface area (Å²) in [6, 6.07) is 24.0. The molecule has 0 amide bonds. The number of pyridine rings is 1. The number of benzene rings is 2. The fraction of sp³-hybridized carbons (Fsp3) is 0.261. The van der Waals surface area contributed by atoms with E-state index in [1.807, 2.05) is 71.4 Å². The van der Waals surface area contributed by atoms with Crippen LogP contribution in [0.1, 0.15) is 11.6 Å². The van der Waals surface area contributed by atoms with Crippen LogP contribution >= 0.6 is 0 Å². The van der Waals surface area contributed by atoms with E-state index in [4.69, 9.17) is 4.74 Å². The summed E-state index contributed by atoms with van der Waals surface area (Å²) in [5.41, 5.74) is 2.89. The zero-order valence-electron chi connectivity index (χ0n) is 15.3. The van der Waals surface area contributed by atoms with Crippen LogP contribution in [-0.2, 0) is 4.74 Å². The van der Waals surface area contributed by atoms with Gasteiger partial charge >= 0.3 is 0 Å². The Balaban J connectivity index is 1.75. The number of hydrogen-bond donors (Lipinski definition) is 0. The Morgan fingerprint density at radius 3 is 2.22 bits per heavy atom. The predicted molar refractivity (Wildman–Crippen MR) is 108 cm³/mol. The minimum absolute atomic E-state index is 0.0273. The summed E-state index contributed by atoms with van der Waals surface area (Å²) < 4.78 is 7.37. The highest BCUT2D eigenvalue weighted by Crippen LogP contribution is 2.21. The first kappa shape index (κ1) is 17.7. The molecule has 3 aromatic rings. The van der Waals surface area contributed by atoms with Gasteiger partial charge in [-0.15, -0.1) is 0 Å². The maximum absolute atomic E-state index is 13.3. The third-order valence-corrected chi connectivity index (χ3v) is 5.11. The fourth-order valence-corrected chi connectivity index (χ4v) is 3.65. The largest absolute Gasteiger partial charge is 0.379 e. The molecule has 1 saturated heterocycles. The van der Waals surface area contributed by atoms with E-state index in [0.717, 1.165) is 49.5 Å². The first-order chi connectivity index (χ1) is 13.3. The van der Waals surface area contributed by atoms with Gasteiger partial charge in [0.05, 0.1) is 19.3 Å². The van der Waals surface area contributed by atoms with Crippen LogP contribution in [0.4, 0.5) is 0 Å². The van der Waals surface area contributed by atoms with E-state index in [9.17, 15) is 4.79 Å². The third-order valence-electron chi connectivity index (χ3n) is 5.11. The number of rotatable bonds is 5. The number of morpholine rings is 1. The molecule has 4 rings (SSSR count). The standard InChI is InChI=1S/C23H24N2O2/c26-23-21(19-8-3-1-4-9-19)12-7-13-25(23)22(20-10-5-2-6-11-20)18-24-14-16-27-17-15-24/h1-13,22H,14-18H2. The Kier molecular flexibility index (Phi) is 5.47. The number of aromatic nitrogens is 1. The van der Waals surface area contributed by atoms with Crippen LogP contribution in [-0.4, -0.2) is 42.3 Å². The predicted octanol–water partition coefficient (Wildman–Crippen LogP) is 3.44. The molecular weight excluding hydrogens is 336 g/mol. The van der Waals surface area contributed by atoms with Crippen molar-refractivity contribution < 1.29 is 4.74 Å². The molecule has 138 valence electrons. The molecule has 1 atom stereocenters. The van der Waals surface area contributed by atoms with Gasteiger partial charge in [-0.3, -0.25) is 9.69 Å². The summed E-state index contributed by atoms with van der Waals surface area (Å²) in [6.45, 7) is 4.10. The zero-order chi connectivity index (χ0) is 18.5. The van der Waals surface area contributed by atoms with Gasteiger partial charge in [0.25, 0.3) is 5.56 Å². The first-order valence-corrected chi connectivity index (χ1v) is 9.44. The summed E-state index contributed by atoms with van der Waals surface area (Å²) in [7, 11) is 0. The van der Waals surface area contributed by atoms with Gasteiger partial charge in [-0.1, -0.05) is 60.7 Å². The van der Waals surface area contributed by atoms with Crippen LogP contribution in [0.25, 0.3) is 11.1 Å². The van der Waals surface area contributed by atoms with Crippen LogP contribution in [0, 0.1) is 0 Å². The lowest BCUT2D eigenvalue weighted by Gasteiger charge is -2.31. The molecular formula is C23H24N2O2. The van der Waals surface area contributed by atoms with E-state index in [-0.39, 0.29) is 11.6 Å². The summed E-state index contributed by atoms with van der Waals surface area (Å²) in [5.74, 6) is 0. The van der Waals surface area contributed by atoms with Crippen LogP contribution in [0.15, 0.2) is 83.8 Å². The maximum atomic E-state index is 13.3. The lowest BCUT2D eigenvalue weighted by molar-refractivity contribution is 0.0335. The number of ether oxygens (including phenoxy) is 1. The first-order valence-electron chi connectivity index (χ1n) is 9.44. The topological polar surface area (TPSA) is 34.5 Å². The lowest BCUT2D eigenvalue weighted by Crippen LogP contribution is -2.41. The SMILES string of the molecule is O=c1c(-c2ccccc2)cccn1C(CN1CCOCC1)c1ccccc1. The molecule has 1 aliphatic rings. The lowest BCUT2D eigenvalue weighted by atomic mass is 10.0. The number of hydrogen-bond acceptors (Lipinski definition) is 3. The number of nitrogens with zero attached hydrogens (tertiary/aromatic N) is 2. The van der Waals surface area contributed by atoms with E-state index in [1.165, 1.54) is 0 Å². The second-order valence-electron chi connectivity index (χ2n) is 6.84. The molecule has 1 aliphatic heterocycles. The summed E-state index contributed by atoms with van der Waals surface area (Å²) >= 11 is 0. The van der Waals surface area contributed by atoms with Gasteiger partial charge in [0.2, 0.25) is 0 Å². The van der Waals surface area contributed by atoms with Crippen LogP contribution in [0.3, 0.4) is 0 Å². The van der Waals surface area contributed by atoms with Crippen molar-refractivity contribution in [3.05, 3.63) is 94.9 Å².